The predicted octanol–water partition coefficient (Wildman–Crippen LogP) is 12.3. The Morgan fingerprint density at radius 2 is 0.603 bits per heavy atom. The Morgan fingerprint density at radius 1 is 0.336 bits per heavy atom. The Bertz CT molecular complexity index is 5290. The smallest absolute Gasteiger partial charge is 0.419 e. The highest BCUT2D eigenvalue weighted by atomic mass is 19.4. The van der Waals surface area contributed by atoms with E-state index in [0.717, 1.165) is 35.9 Å². The SMILES string of the molecule is CCOC(=O)[C@@H](N)CCC#Cc1ccc(F)cc1.CCOC(=O)[C@@H](N)C[C@H](F)C#Cc1ccc(F)cc1.CCOC(=O)[C@H](C[C@@H](F)C#Cc1cc(F)cc(F)c1)NC(C)=O.N[C@@H](CCC#Cc1ccc(F)c(C(F)(F)F)c1)C(=O)O.N[C@@H](CCC#Cc1ccc(F)cc1)C(=O)O.N[C@H](C[C@@H](F)C#Cc1cc(F)cc(F)c1)C(=O)O.N[C@H](C[C@@H](F)C#Cc1ccc(F)cc1)C(=O)O. The van der Waals surface area contributed by atoms with E-state index < -0.39 is 174 Å². The number of rotatable bonds is 25. The first-order chi connectivity index (χ1) is 61.6. The molecular weight excluding hydrogens is 1760 g/mol. The Hall–Kier alpha value is -14.1. The first kappa shape index (κ1) is 115. The minimum absolute atomic E-state index is 0.00243. The molecule has 0 aliphatic carbocycles. The van der Waals surface area contributed by atoms with Crippen molar-refractivity contribution in [3.63, 3.8) is 0 Å². The lowest BCUT2D eigenvalue weighted by molar-refractivity contribution is -0.148. The topological polar surface area (TPSA) is 413 Å². The zero-order chi connectivity index (χ0) is 98.9. The number of hydrogen-bond donors (Lipinski definition) is 11. The van der Waals surface area contributed by atoms with E-state index in [9.17, 15) is 109 Å². The molecule has 131 heavy (non-hydrogen) atoms. The Kier molecular flexibility index (Phi) is 55.2. The normalized spacial score (nSPS) is 12.5. The first-order valence-electron chi connectivity index (χ1n) is 38.8. The number of carbonyl (C=O) groups is 8. The van der Waals surface area contributed by atoms with E-state index in [0.29, 0.717) is 73.2 Å². The number of carboxylic acids is 4. The number of aliphatic carboxylic acids is 4. The third-order valence-electron chi connectivity index (χ3n) is 15.5. The molecule has 0 aliphatic rings. The van der Waals surface area contributed by atoms with Crippen molar-refractivity contribution in [1.82, 2.24) is 5.32 Å². The third kappa shape index (κ3) is 53.9. The van der Waals surface area contributed by atoms with Gasteiger partial charge in [-0.15, -0.1) is 0 Å². The number of ether oxygens (including phenoxy) is 3. The number of carbonyl (C=O) groups excluding carboxylic acids is 4. The summed E-state index contributed by atoms with van der Waals surface area (Å²) in [6.45, 7) is 6.75. The van der Waals surface area contributed by atoms with Gasteiger partial charge in [-0.25, -0.2) is 61.9 Å². The van der Waals surface area contributed by atoms with Crippen LogP contribution in [0.4, 0.5) is 70.2 Å². The molecule has 0 aliphatic heterocycles. The number of nitrogens with two attached hydrogens (primary N) is 6. The second-order valence-electron chi connectivity index (χ2n) is 26.4. The molecule has 0 fully saturated rings. The van der Waals surface area contributed by atoms with Crippen molar-refractivity contribution in [1.29, 1.82) is 0 Å². The molecule has 0 heterocycles. The van der Waals surface area contributed by atoms with Crippen LogP contribution < -0.4 is 39.7 Å². The van der Waals surface area contributed by atoms with Gasteiger partial charge in [-0.2, -0.15) is 13.2 Å². The maximum Gasteiger partial charge on any atom is 0.419 e. The van der Waals surface area contributed by atoms with Crippen LogP contribution in [0.3, 0.4) is 0 Å². The zero-order valence-corrected chi connectivity index (χ0v) is 70.3. The van der Waals surface area contributed by atoms with E-state index in [2.05, 4.69) is 87.0 Å². The van der Waals surface area contributed by atoms with Crippen molar-refractivity contribution < 1.29 is 143 Å². The zero-order valence-electron chi connectivity index (χ0n) is 70.3. The molecule has 7 rings (SSSR count). The van der Waals surface area contributed by atoms with Gasteiger partial charge in [0.1, 0.15) is 94.6 Å². The average Bonchev–Trinajstić information content (AvgIpc) is 0.825. The summed E-state index contributed by atoms with van der Waals surface area (Å²) in [5.74, 6) is 21.3. The van der Waals surface area contributed by atoms with Crippen LogP contribution in [0.5, 0.6) is 0 Å². The highest BCUT2D eigenvalue weighted by molar-refractivity contribution is 5.83. The lowest BCUT2D eigenvalue weighted by Gasteiger charge is -2.16. The van der Waals surface area contributed by atoms with Crippen LogP contribution >= 0.6 is 0 Å². The molecule has 0 unspecified atom stereocenters. The van der Waals surface area contributed by atoms with Crippen LogP contribution in [0.25, 0.3) is 0 Å². The Labute approximate surface area is 743 Å². The highest BCUT2D eigenvalue weighted by Gasteiger charge is 2.34. The van der Waals surface area contributed by atoms with Crippen molar-refractivity contribution in [2.75, 3.05) is 19.8 Å². The molecule has 0 spiro atoms. The maximum absolute atomic E-state index is 13.9. The van der Waals surface area contributed by atoms with Gasteiger partial charge in [-0.1, -0.05) is 82.9 Å². The van der Waals surface area contributed by atoms with Gasteiger partial charge in [0.05, 0.1) is 25.4 Å². The highest BCUT2D eigenvalue weighted by Crippen LogP contribution is 2.32. The van der Waals surface area contributed by atoms with Gasteiger partial charge < -0.3 is 74.4 Å². The van der Waals surface area contributed by atoms with Gasteiger partial charge in [-0.05, 0) is 180 Å². The lowest BCUT2D eigenvalue weighted by Crippen LogP contribution is -2.42. The lowest BCUT2D eigenvalue weighted by atomic mass is 10.1. The number of halogens is 16. The minimum Gasteiger partial charge on any atom is -0.480 e. The summed E-state index contributed by atoms with van der Waals surface area (Å²) in [5, 5.41) is 36.2. The van der Waals surface area contributed by atoms with Crippen molar-refractivity contribution in [3.8, 4) is 82.9 Å². The Balaban J connectivity index is 0.000000766. The van der Waals surface area contributed by atoms with Gasteiger partial charge in [0.2, 0.25) is 5.91 Å². The van der Waals surface area contributed by atoms with E-state index in [-0.39, 0.29) is 73.0 Å². The van der Waals surface area contributed by atoms with Gasteiger partial charge in [0.15, 0.2) is 24.7 Å². The second-order valence-corrected chi connectivity index (χ2v) is 26.4. The molecule has 700 valence electrons. The average molecular weight is 1850 g/mol. The molecule has 17 N–H and O–H groups in total. The molecule has 38 heteroatoms. The number of amides is 1. The van der Waals surface area contributed by atoms with E-state index in [1.165, 1.54) is 79.7 Å². The Morgan fingerprint density at radius 3 is 0.908 bits per heavy atom. The monoisotopic (exact) mass is 1850 g/mol. The molecule has 0 aromatic heterocycles. The summed E-state index contributed by atoms with van der Waals surface area (Å²) < 4.78 is 220. The van der Waals surface area contributed by atoms with Crippen molar-refractivity contribution in [3.05, 3.63) is 249 Å². The minimum atomic E-state index is -4.78. The van der Waals surface area contributed by atoms with E-state index in [1.54, 1.807) is 45.0 Å². The summed E-state index contributed by atoms with van der Waals surface area (Å²) in [7, 11) is 0. The quantitative estimate of drug-likeness (QED) is 0.0110. The first-order valence-corrected chi connectivity index (χ1v) is 38.8. The van der Waals surface area contributed by atoms with Gasteiger partial charge in [0.25, 0.3) is 0 Å². The van der Waals surface area contributed by atoms with Crippen LogP contribution in [-0.2, 0) is 58.7 Å². The molecule has 7 aromatic carbocycles. The second kappa shape index (κ2) is 62.9. The van der Waals surface area contributed by atoms with Crippen molar-refractivity contribution >= 4 is 47.7 Å². The summed E-state index contributed by atoms with van der Waals surface area (Å²) in [6, 6.07) is 22.5. The summed E-state index contributed by atoms with van der Waals surface area (Å²) in [4.78, 5) is 86.6. The van der Waals surface area contributed by atoms with Crippen LogP contribution in [-0.4, -0.2) is 155 Å². The van der Waals surface area contributed by atoms with Crippen LogP contribution in [0.2, 0.25) is 0 Å². The predicted molar refractivity (Wildman–Crippen MR) is 450 cm³/mol. The van der Waals surface area contributed by atoms with Crippen LogP contribution in [0.1, 0.15) is 136 Å². The number of carboxylic acid groups (broad SMARTS) is 4. The van der Waals surface area contributed by atoms with E-state index in [1.807, 2.05) is 5.92 Å². The van der Waals surface area contributed by atoms with Crippen molar-refractivity contribution in [2.24, 2.45) is 34.4 Å². The number of hydrogen-bond acceptors (Lipinski definition) is 17. The van der Waals surface area contributed by atoms with Crippen LogP contribution in [0.15, 0.2) is 152 Å². The fourth-order valence-corrected chi connectivity index (χ4v) is 9.00. The van der Waals surface area contributed by atoms with Crippen LogP contribution in [0, 0.1) is 135 Å². The third-order valence-corrected chi connectivity index (χ3v) is 15.5. The molecule has 22 nitrogen and oxygen atoms in total. The fourth-order valence-electron chi connectivity index (χ4n) is 9.00. The van der Waals surface area contributed by atoms with Crippen molar-refractivity contribution in [2.45, 2.75) is 165 Å². The molecule has 0 saturated heterocycles. The largest absolute Gasteiger partial charge is 0.480 e. The molecule has 0 bridgehead atoms. The van der Waals surface area contributed by atoms with E-state index in [4.69, 9.17) is 64.3 Å². The molecule has 0 radical (unpaired) electrons. The number of nitrogens with one attached hydrogen (secondary N) is 1. The fraction of sp³-hybridized carbons (Fsp3) is 0.312. The molecular formula is C93H91F16N7O15. The van der Waals surface area contributed by atoms with Gasteiger partial charge >= 0.3 is 48.0 Å². The molecule has 11 atom stereocenters. The summed E-state index contributed by atoms with van der Waals surface area (Å²) >= 11 is 0. The van der Waals surface area contributed by atoms with Gasteiger partial charge in [-0.3, -0.25) is 33.6 Å². The maximum atomic E-state index is 13.9. The molecule has 1 amide bonds. The number of benzene rings is 7. The van der Waals surface area contributed by atoms with Gasteiger partial charge in [0, 0.05) is 103 Å². The summed E-state index contributed by atoms with van der Waals surface area (Å²) in [5.41, 5.74) is 32.8. The molecule has 0 saturated carbocycles. The number of alkyl halides is 7. The standard InChI is InChI=1S/C16H16F3NO3.C14H15F2NO2.C14H16FNO2.C13H11F4NO2.C12H10F3NO2.C12H11F2NO2.C12H12FNO2/c1-3-23-16(22)15(20-10(2)21)9-12(17)5-4-11-6-13(18)8-14(19)7-11;1-2-19-14(18)13(17)9-12(16)8-5-10-3-6-11(15)7-4-10;1-2-18-14(17)13(16)6-4-3-5-11-7-9-12(15)10-8-11;14-10-6-5-8(7-9(10)13(15,16)17)3-1-2-4-11(18)12(19)20;13-8(6-11(16)12(17)18)2-1-7-3-9(14)5-10(15)4-7;13-9-4-1-8(2-5-9)3-6-10(14)7-11(15)12(16)17;13-10-7-5-9(6-8-10)3-1-2-4-11(14)12(15)16/h6-8,12,15H,3,9H2,1-2H3,(H,20,21);3-4,6-7,12-13H,2,9,17H2,1H3;7-10,13H,2,4,6,16H2,1H3;5-7,11H,2,4,18H2,(H,19,20);3-5,8,11H,6,16H2,(H,17,18);1-2,4-5,10-11H,7,15H2,(H,16,17);5-8,11H,2,4,14H2,(H,15,16)/t12-,15-;12-,13+;13-;11-;8-,11+;10-,11+;11-/m0100000/s1. The van der Waals surface area contributed by atoms with E-state index >= 15 is 0 Å². The molecule has 7 aromatic rings. The summed E-state index contributed by atoms with van der Waals surface area (Å²) in [6.07, 6.45) is -11.2. The number of esters is 3.